The molecule has 0 N–H and O–H groups in total. The van der Waals surface area contributed by atoms with Crippen LogP contribution in [0.3, 0.4) is 0 Å². The molecule has 1 aromatic heterocycles. The summed E-state index contributed by atoms with van der Waals surface area (Å²) in [7, 11) is 0.455. The highest BCUT2D eigenvalue weighted by molar-refractivity contribution is 7.86. The van der Waals surface area contributed by atoms with Crippen molar-refractivity contribution >= 4 is 10.2 Å². The van der Waals surface area contributed by atoms with Crippen LogP contribution in [-0.4, -0.2) is 67.2 Å². The third kappa shape index (κ3) is 5.24. The Kier molecular flexibility index (Phi) is 6.52. The highest BCUT2D eigenvalue weighted by Crippen LogP contribution is 2.21. The van der Waals surface area contributed by atoms with Gasteiger partial charge < -0.3 is 4.90 Å². The first-order valence-corrected chi connectivity index (χ1v) is 9.59. The van der Waals surface area contributed by atoms with Gasteiger partial charge >= 0.3 is 0 Å². The van der Waals surface area contributed by atoms with Gasteiger partial charge in [0.15, 0.2) is 0 Å². The Morgan fingerprint density at radius 1 is 1.30 bits per heavy atom. The van der Waals surface area contributed by atoms with Gasteiger partial charge in [0, 0.05) is 32.4 Å². The van der Waals surface area contributed by atoms with E-state index < -0.39 is 10.2 Å². The highest BCUT2D eigenvalue weighted by atomic mass is 32.2. The molecule has 1 aliphatic rings. The molecule has 1 atom stereocenters. The molecule has 7 heteroatoms. The Morgan fingerprint density at radius 2 is 2.09 bits per heavy atom. The molecule has 0 saturated carbocycles. The van der Waals surface area contributed by atoms with Gasteiger partial charge in [0.25, 0.3) is 10.2 Å². The molecular formula is C16H28N4O2S. The lowest BCUT2D eigenvalue weighted by Gasteiger charge is -2.34. The molecule has 23 heavy (non-hydrogen) atoms. The number of nitrogens with zero attached hydrogens (tertiary/aromatic N) is 4. The number of aromatic nitrogens is 1. The lowest BCUT2D eigenvalue weighted by Crippen LogP contribution is -2.48. The second-order valence-corrected chi connectivity index (χ2v) is 8.50. The van der Waals surface area contributed by atoms with Gasteiger partial charge in [-0.3, -0.25) is 4.98 Å². The summed E-state index contributed by atoms with van der Waals surface area (Å²) in [4.78, 5) is 6.28. The van der Waals surface area contributed by atoms with Gasteiger partial charge in [-0.1, -0.05) is 13.0 Å². The molecule has 6 nitrogen and oxygen atoms in total. The fourth-order valence-corrected chi connectivity index (χ4v) is 4.52. The maximum atomic E-state index is 13.1. The van der Waals surface area contributed by atoms with Crippen LogP contribution in [0.1, 0.15) is 25.5 Å². The Bertz CT molecular complexity index is 577. The summed E-state index contributed by atoms with van der Waals surface area (Å²) in [5, 5.41) is 0. The Morgan fingerprint density at radius 3 is 2.70 bits per heavy atom. The van der Waals surface area contributed by atoms with Crippen LogP contribution in [0.2, 0.25) is 0 Å². The normalized spacial score (nSPS) is 20.3. The lowest BCUT2D eigenvalue weighted by molar-refractivity contribution is 0.248. The van der Waals surface area contributed by atoms with Crippen molar-refractivity contribution in [2.45, 2.75) is 26.3 Å². The molecule has 2 rings (SSSR count). The third-order valence-electron chi connectivity index (χ3n) is 4.13. The second-order valence-electron chi connectivity index (χ2n) is 6.57. The van der Waals surface area contributed by atoms with E-state index in [1.165, 1.54) is 0 Å². The highest BCUT2D eigenvalue weighted by Gasteiger charge is 2.32. The summed E-state index contributed by atoms with van der Waals surface area (Å²) in [6.45, 7) is 4.83. The van der Waals surface area contributed by atoms with E-state index >= 15 is 0 Å². The van der Waals surface area contributed by atoms with E-state index in [1.54, 1.807) is 14.8 Å². The second kappa shape index (κ2) is 8.19. The molecule has 1 fully saturated rings. The number of piperidine rings is 1. The zero-order valence-corrected chi connectivity index (χ0v) is 15.2. The average molecular weight is 340 g/mol. The van der Waals surface area contributed by atoms with E-state index in [0.717, 1.165) is 18.5 Å². The molecule has 130 valence electrons. The van der Waals surface area contributed by atoms with E-state index in [2.05, 4.69) is 11.9 Å². The molecule has 0 aromatic carbocycles. The van der Waals surface area contributed by atoms with Gasteiger partial charge in [-0.25, -0.2) is 0 Å². The molecule has 0 radical (unpaired) electrons. The monoisotopic (exact) mass is 340 g/mol. The fraction of sp³-hybridized carbons (Fsp3) is 0.688. The van der Waals surface area contributed by atoms with Crippen LogP contribution in [0.25, 0.3) is 0 Å². The van der Waals surface area contributed by atoms with E-state index in [4.69, 9.17) is 0 Å². The molecule has 0 unspecified atom stereocenters. The Labute approximate surface area is 140 Å². The van der Waals surface area contributed by atoms with E-state index in [9.17, 15) is 8.42 Å². The summed E-state index contributed by atoms with van der Waals surface area (Å²) < 4.78 is 29.3. The summed E-state index contributed by atoms with van der Waals surface area (Å²) in [5.74, 6) is 0.420. The summed E-state index contributed by atoms with van der Waals surface area (Å²) in [6, 6.07) is 5.60. The first-order valence-electron chi connectivity index (χ1n) is 8.19. The molecule has 1 aromatic rings. The van der Waals surface area contributed by atoms with Crippen LogP contribution >= 0.6 is 0 Å². The Hall–Kier alpha value is -1.02. The van der Waals surface area contributed by atoms with Crippen molar-refractivity contribution in [2.75, 3.05) is 40.3 Å². The molecule has 0 bridgehead atoms. The first-order chi connectivity index (χ1) is 10.9. The maximum Gasteiger partial charge on any atom is 0.282 e. The van der Waals surface area contributed by atoms with Crippen molar-refractivity contribution in [3.63, 3.8) is 0 Å². The van der Waals surface area contributed by atoms with Gasteiger partial charge in [0.05, 0.1) is 12.2 Å². The molecule has 0 amide bonds. The topological polar surface area (TPSA) is 56.8 Å². The van der Waals surface area contributed by atoms with E-state index in [0.29, 0.717) is 38.6 Å². The van der Waals surface area contributed by atoms with Gasteiger partial charge in [0.1, 0.15) is 0 Å². The van der Waals surface area contributed by atoms with Crippen LogP contribution in [0, 0.1) is 5.92 Å². The maximum absolute atomic E-state index is 13.1. The van der Waals surface area contributed by atoms with Gasteiger partial charge in [-0.05, 0) is 45.0 Å². The van der Waals surface area contributed by atoms with Crippen molar-refractivity contribution in [2.24, 2.45) is 5.92 Å². The number of rotatable bonds is 7. The van der Waals surface area contributed by atoms with Crippen LogP contribution in [0.15, 0.2) is 24.4 Å². The lowest BCUT2D eigenvalue weighted by atomic mass is 10.0. The first kappa shape index (κ1) is 18.3. The predicted octanol–water partition coefficient (Wildman–Crippen LogP) is 1.42. The van der Waals surface area contributed by atoms with Crippen molar-refractivity contribution in [3.05, 3.63) is 30.1 Å². The number of hydrogen-bond donors (Lipinski definition) is 0. The largest absolute Gasteiger partial charge is 0.308 e. The Balaban J connectivity index is 2.17. The molecular weight excluding hydrogens is 312 g/mol. The number of likely N-dealkylation sites (N-methyl/N-ethyl adjacent to an activating group) is 1. The zero-order chi connectivity index (χ0) is 16.9. The third-order valence-corrected chi connectivity index (χ3v) is 6.08. The van der Waals surface area contributed by atoms with Crippen LogP contribution < -0.4 is 0 Å². The summed E-state index contributed by atoms with van der Waals surface area (Å²) in [6.07, 6.45) is 3.74. The van der Waals surface area contributed by atoms with Gasteiger partial charge in [-0.15, -0.1) is 0 Å². The number of pyridine rings is 1. The minimum atomic E-state index is -3.45. The van der Waals surface area contributed by atoms with E-state index in [-0.39, 0.29) is 0 Å². The SMILES string of the molecule is C[C@@H]1CCCN(S(=O)(=O)N(CCN(C)C)Cc2ccccn2)C1. The molecule has 0 spiro atoms. The van der Waals surface area contributed by atoms with Crippen molar-refractivity contribution in [3.8, 4) is 0 Å². The predicted molar refractivity (Wildman–Crippen MR) is 92.1 cm³/mol. The quantitative estimate of drug-likeness (QED) is 0.753. The van der Waals surface area contributed by atoms with Crippen molar-refractivity contribution in [1.82, 2.24) is 18.5 Å². The van der Waals surface area contributed by atoms with Gasteiger partial charge in [0.2, 0.25) is 0 Å². The van der Waals surface area contributed by atoms with Crippen molar-refractivity contribution in [1.29, 1.82) is 0 Å². The smallest absolute Gasteiger partial charge is 0.282 e. The van der Waals surface area contributed by atoms with Gasteiger partial charge in [-0.2, -0.15) is 17.0 Å². The minimum absolute atomic E-state index is 0.321. The average Bonchev–Trinajstić information content (AvgIpc) is 2.52. The molecule has 1 aliphatic heterocycles. The molecule has 0 aliphatic carbocycles. The van der Waals surface area contributed by atoms with E-state index in [1.807, 2.05) is 37.2 Å². The van der Waals surface area contributed by atoms with Crippen LogP contribution in [-0.2, 0) is 16.8 Å². The zero-order valence-electron chi connectivity index (χ0n) is 14.4. The van der Waals surface area contributed by atoms with Crippen LogP contribution in [0.5, 0.6) is 0 Å². The summed E-state index contributed by atoms with van der Waals surface area (Å²) in [5.41, 5.74) is 0.778. The molecule has 1 saturated heterocycles. The number of hydrogen-bond acceptors (Lipinski definition) is 4. The minimum Gasteiger partial charge on any atom is -0.308 e. The fourth-order valence-electron chi connectivity index (χ4n) is 2.78. The van der Waals surface area contributed by atoms with Crippen molar-refractivity contribution < 1.29 is 8.42 Å². The molecule has 2 heterocycles. The standard InChI is InChI=1S/C16H28N4O2S/c1-15-7-6-10-19(13-15)23(21,22)20(12-11-18(2)3)14-16-8-4-5-9-17-16/h4-5,8-9,15H,6-7,10-14H2,1-3H3/t15-/m1/s1. The summed E-state index contributed by atoms with van der Waals surface area (Å²) >= 11 is 0. The van der Waals surface area contributed by atoms with Crippen LogP contribution in [0.4, 0.5) is 0 Å².